The van der Waals surface area contributed by atoms with E-state index in [0.717, 1.165) is 46.9 Å². The highest BCUT2D eigenvalue weighted by Crippen LogP contribution is 2.29. The SMILES string of the molecule is Cc1nc(N2CC(Cn3nc(-c4cccnc4)ccc3=O)C2)c2ccncc2n1. The van der Waals surface area contributed by atoms with Crippen molar-refractivity contribution in [2.24, 2.45) is 5.92 Å². The molecule has 4 aromatic rings. The molecule has 4 aromatic heterocycles. The van der Waals surface area contributed by atoms with Crippen molar-refractivity contribution < 1.29 is 0 Å². The van der Waals surface area contributed by atoms with Gasteiger partial charge in [-0.15, -0.1) is 0 Å². The molecule has 1 saturated heterocycles. The number of hydrogen-bond acceptors (Lipinski definition) is 7. The van der Waals surface area contributed by atoms with Gasteiger partial charge in [0.25, 0.3) is 5.56 Å². The number of rotatable bonds is 4. The lowest BCUT2D eigenvalue weighted by atomic mass is 9.99. The van der Waals surface area contributed by atoms with Crippen LogP contribution in [-0.4, -0.2) is 42.8 Å². The van der Waals surface area contributed by atoms with Crippen LogP contribution in [0.4, 0.5) is 5.82 Å². The topological polar surface area (TPSA) is 89.7 Å². The van der Waals surface area contributed by atoms with Gasteiger partial charge in [0.15, 0.2) is 0 Å². The van der Waals surface area contributed by atoms with E-state index in [9.17, 15) is 4.79 Å². The number of hydrogen-bond donors (Lipinski definition) is 0. The third kappa shape index (κ3) is 3.33. The summed E-state index contributed by atoms with van der Waals surface area (Å²) in [5, 5.41) is 5.54. The van der Waals surface area contributed by atoms with Gasteiger partial charge in [0, 0.05) is 54.6 Å². The standard InChI is InChI=1S/C21H19N7O/c1-14-24-19-10-23-8-6-17(19)21(25-14)27-11-15(12-27)13-28-20(29)5-4-18(26-28)16-3-2-7-22-9-16/h2-10,15H,11-13H2,1H3. The molecule has 144 valence electrons. The molecular weight excluding hydrogens is 366 g/mol. The van der Waals surface area contributed by atoms with E-state index in [1.165, 1.54) is 0 Å². The van der Waals surface area contributed by atoms with Crippen LogP contribution in [0.1, 0.15) is 5.82 Å². The molecule has 8 nitrogen and oxygen atoms in total. The maximum absolute atomic E-state index is 12.3. The number of aromatic nitrogens is 6. The van der Waals surface area contributed by atoms with Crippen LogP contribution >= 0.6 is 0 Å². The predicted octanol–water partition coefficient (Wildman–Crippen LogP) is 2.09. The van der Waals surface area contributed by atoms with Crippen LogP contribution in [0.3, 0.4) is 0 Å². The lowest BCUT2D eigenvalue weighted by Crippen LogP contribution is -2.50. The molecule has 0 spiro atoms. The van der Waals surface area contributed by atoms with Crippen molar-refractivity contribution in [1.29, 1.82) is 0 Å². The fourth-order valence-corrected chi connectivity index (χ4v) is 3.67. The largest absolute Gasteiger partial charge is 0.355 e. The summed E-state index contributed by atoms with van der Waals surface area (Å²) in [6.45, 7) is 4.10. The van der Waals surface area contributed by atoms with Gasteiger partial charge in [-0.1, -0.05) is 0 Å². The summed E-state index contributed by atoms with van der Waals surface area (Å²) in [5.74, 6) is 1.98. The lowest BCUT2D eigenvalue weighted by molar-refractivity contribution is 0.334. The second-order valence-corrected chi connectivity index (χ2v) is 7.24. The molecule has 0 aliphatic carbocycles. The summed E-state index contributed by atoms with van der Waals surface area (Å²) < 4.78 is 1.55. The highest BCUT2D eigenvalue weighted by atomic mass is 16.1. The minimum Gasteiger partial charge on any atom is -0.355 e. The molecule has 0 N–H and O–H groups in total. The van der Waals surface area contributed by atoms with Crippen LogP contribution in [0.2, 0.25) is 0 Å². The van der Waals surface area contributed by atoms with Gasteiger partial charge in [-0.05, 0) is 31.2 Å². The Morgan fingerprint density at radius 1 is 1.03 bits per heavy atom. The van der Waals surface area contributed by atoms with E-state index < -0.39 is 0 Å². The summed E-state index contributed by atoms with van der Waals surface area (Å²) in [5.41, 5.74) is 2.40. The molecule has 0 bridgehead atoms. The lowest BCUT2D eigenvalue weighted by Gasteiger charge is -2.40. The van der Waals surface area contributed by atoms with Crippen molar-refractivity contribution in [3.63, 3.8) is 0 Å². The molecule has 0 radical (unpaired) electrons. The Hall–Kier alpha value is -3.68. The monoisotopic (exact) mass is 385 g/mol. The third-order valence-electron chi connectivity index (χ3n) is 5.10. The number of anilines is 1. The molecule has 1 aliphatic heterocycles. The summed E-state index contributed by atoms with van der Waals surface area (Å²) in [7, 11) is 0. The van der Waals surface area contributed by atoms with E-state index in [-0.39, 0.29) is 5.56 Å². The molecule has 0 aromatic carbocycles. The molecule has 0 unspecified atom stereocenters. The van der Waals surface area contributed by atoms with Gasteiger partial charge < -0.3 is 4.90 Å². The molecule has 5 rings (SSSR count). The Balaban J connectivity index is 1.35. The molecule has 0 saturated carbocycles. The Morgan fingerprint density at radius 2 is 1.90 bits per heavy atom. The van der Waals surface area contributed by atoms with E-state index in [4.69, 9.17) is 0 Å². The molecule has 5 heterocycles. The van der Waals surface area contributed by atoms with E-state index in [1.54, 1.807) is 41.6 Å². The zero-order valence-corrected chi connectivity index (χ0v) is 15.9. The fourth-order valence-electron chi connectivity index (χ4n) is 3.67. The summed E-state index contributed by atoms with van der Waals surface area (Å²) in [6, 6.07) is 9.06. The second-order valence-electron chi connectivity index (χ2n) is 7.24. The van der Waals surface area contributed by atoms with Gasteiger partial charge in [-0.25, -0.2) is 14.6 Å². The van der Waals surface area contributed by atoms with Crippen molar-refractivity contribution in [3.8, 4) is 11.3 Å². The van der Waals surface area contributed by atoms with Crippen LogP contribution < -0.4 is 10.5 Å². The van der Waals surface area contributed by atoms with Gasteiger partial charge in [0.05, 0.1) is 24.0 Å². The molecule has 0 atom stereocenters. The quantitative estimate of drug-likeness (QED) is 0.531. The number of fused-ring (bicyclic) bond motifs is 1. The van der Waals surface area contributed by atoms with Gasteiger partial charge in [0.2, 0.25) is 0 Å². The first-order valence-corrected chi connectivity index (χ1v) is 9.49. The minimum atomic E-state index is -0.0921. The normalized spacial score (nSPS) is 14.2. The Morgan fingerprint density at radius 3 is 2.72 bits per heavy atom. The minimum absolute atomic E-state index is 0.0921. The van der Waals surface area contributed by atoms with Crippen molar-refractivity contribution in [3.05, 3.63) is 71.3 Å². The second kappa shape index (κ2) is 7.05. The molecule has 1 fully saturated rings. The van der Waals surface area contributed by atoms with Gasteiger partial charge in [-0.3, -0.25) is 14.8 Å². The van der Waals surface area contributed by atoms with E-state index >= 15 is 0 Å². The van der Waals surface area contributed by atoms with Crippen molar-refractivity contribution >= 4 is 16.7 Å². The van der Waals surface area contributed by atoms with Crippen molar-refractivity contribution in [1.82, 2.24) is 29.7 Å². The van der Waals surface area contributed by atoms with E-state index in [1.807, 2.05) is 25.1 Å². The molecule has 0 amide bonds. The molecule has 29 heavy (non-hydrogen) atoms. The van der Waals surface area contributed by atoms with Crippen LogP contribution in [0.5, 0.6) is 0 Å². The van der Waals surface area contributed by atoms with Crippen molar-refractivity contribution in [2.75, 3.05) is 18.0 Å². The Bertz CT molecular complexity index is 1230. The average molecular weight is 385 g/mol. The summed E-state index contributed by atoms with van der Waals surface area (Å²) in [4.78, 5) is 31.9. The molecule has 8 heteroatoms. The van der Waals surface area contributed by atoms with Gasteiger partial charge in [0.1, 0.15) is 11.6 Å². The van der Waals surface area contributed by atoms with Crippen LogP contribution in [-0.2, 0) is 6.54 Å². The summed E-state index contributed by atoms with van der Waals surface area (Å²) >= 11 is 0. The number of pyridine rings is 2. The van der Waals surface area contributed by atoms with Gasteiger partial charge in [-0.2, -0.15) is 5.10 Å². The third-order valence-corrected chi connectivity index (χ3v) is 5.10. The zero-order chi connectivity index (χ0) is 19.8. The maximum Gasteiger partial charge on any atom is 0.266 e. The fraction of sp³-hybridized carbons (Fsp3) is 0.238. The van der Waals surface area contributed by atoms with Crippen LogP contribution in [0.15, 0.2) is 59.9 Å². The Labute approximate surface area is 166 Å². The van der Waals surface area contributed by atoms with Crippen LogP contribution in [0.25, 0.3) is 22.2 Å². The average Bonchev–Trinajstić information content (AvgIpc) is 2.71. The van der Waals surface area contributed by atoms with Gasteiger partial charge >= 0.3 is 0 Å². The van der Waals surface area contributed by atoms with Crippen LogP contribution in [0, 0.1) is 12.8 Å². The van der Waals surface area contributed by atoms with Crippen molar-refractivity contribution in [2.45, 2.75) is 13.5 Å². The highest BCUT2D eigenvalue weighted by molar-refractivity contribution is 5.89. The number of nitrogens with zero attached hydrogens (tertiary/aromatic N) is 7. The Kier molecular flexibility index (Phi) is 4.23. The highest BCUT2D eigenvalue weighted by Gasteiger charge is 2.30. The summed E-state index contributed by atoms with van der Waals surface area (Å²) in [6.07, 6.45) is 6.99. The first-order chi connectivity index (χ1) is 14.2. The zero-order valence-electron chi connectivity index (χ0n) is 15.9. The van der Waals surface area contributed by atoms with E-state index in [2.05, 4.69) is 29.9 Å². The van der Waals surface area contributed by atoms with E-state index in [0.29, 0.717) is 12.5 Å². The molecule has 1 aliphatic rings. The molecular formula is C21H19N7O. The first-order valence-electron chi connectivity index (χ1n) is 9.49. The number of aryl methyl sites for hydroxylation is 1. The predicted molar refractivity (Wildman–Crippen MR) is 110 cm³/mol. The first kappa shape index (κ1) is 17.4. The smallest absolute Gasteiger partial charge is 0.266 e. The maximum atomic E-state index is 12.3.